The van der Waals surface area contributed by atoms with Gasteiger partial charge in [0.2, 0.25) is 0 Å². The number of nitrogens with two attached hydrogens (primary N) is 2. The molecule has 3 fully saturated rings. The van der Waals surface area contributed by atoms with E-state index in [2.05, 4.69) is 34.6 Å². The fraction of sp³-hybridized carbons (Fsp3) is 0.500. The van der Waals surface area contributed by atoms with Gasteiger partial charge in [-0.3, -0.25) is 9.13 Å². The lowest BCUT2D eigenvalue weighted by atomic mass is 10.1. The fourth-order valence-electron chi connectivity index (χ4n) is 5.19. The number of aliphatic hydroxyl groups is 2. The van der Waals surface area contributed by atoms with Gasteiger partial charge >= 0.3 is 18.6 Å². The topological polar surface area (TPSA) is 289 Å². The number of nitrogen functional groups attached to an aromatic ring is 2. The predicted molar refractivity (Wildman–Crippen MR) is 140 cm³/mol. The largest absolute Gasteiger partial charge is 0.697 e. The molecule has 0 aliphatic carbocycles. The summed E-state index contributed by atoms with van der Waals surface area (Å²) in [4.78, 5) is 24.2. The average Bonchev–Trinajstić information content (AvgIpc) is 3.73. The van der Waals surface area contributed by atoms with Crippen LogP contribution in [0.2, 0.25) is 0 Å². The van der Waals surface area contributed by atoms with E-state index in [1.54, 1.807) is 0 Å². The molecule has 0 amide bonds. The molecule has 3 aliphatic rings. The molecule has 0 bridgehead atoms. The van der Waals surface area contributed by atoms with E-state index in [-0.39, 0.29) is 34.0 Å². The summed E-state index contributed by atoms with van der Waals surface area (Å²) in [7, 11) is -7.51. The molecule has 7 rings (SSSR count). The molecule has 228 valence electrons. The molecular formula is C20H23N11O10PS+. The Morgan fingerprint density at radius 3 is 2.02 bits per heavy atom. The number of imidazole rings is 2. The van der Waals surface area contributed by atoms with E-state index in [4.69, 9.17) is 34.2 Å². The lowest BCUT2D eigenvalue weighted by molar-refractivity contribution is -0.0495. The monoisotopic (exact) mass is 640 g/mol. The standard InChI is InChI=1S/C20H23N11O10PS/c21-15-9-17(25-3-23-15)30(5-27-9)19-11(32)13-7(38-19)1-29-43(35,36)41-14-8(2-37-42(34)40-13)39-20(12(14)33)31-6-28-10-16(22)24-4-26-18(10)31/h3-8,11-14,19-20,29,32-33H,1-2H2,(H2,21,23,25)(H2,22,24,26)/q+1. The molecular weight excluding hydrogens is 617 g/mol. The van der Waals surface area contributed by atoms with Crippen LogP contribution in [0.3, 0.4) is 0 Å². The molecule has 9 atom stereocenters. The fourth-order valence-corrected chi connectivity index (χ4v) is 6.94. The Bertz CT molecular complexity index is 1820. The van der Waals surface area contributed by atoms with E-state index in [0.29, 0.717) is 0 Å². The summed E-state index contributed by atoms with van der Waals surface area (Å²) in [5.74, 6) is 0.176. The Hall–Kier alpha value is -3.57. The van der Waals surface area contributed by atoms with Crippen LogP contribution in [0.1, 0.15) is 12.5 Å². The van der Waals surface area contributed by atoms with Crippen molar-refractivity contribution in [2.75, 3.05) is 24.6 Å². The maximum absolute atomic E-state index is 13.0. The molecule has 0 spiro atoms. The third kappa shape index (κ3) is 4.86. The number of hydrogen-bond acceptors (Lipinski definition) is 18. The zero-order valence-electron chi connectivity index (χ0n) is 21.6. The molecule has 7 N–H and O–H groups in total. The van der Waals surface area contributed by atoms with Crippen LogP contribution in [0.4, 0.5) is 11.6 Å². The van der Waals surface area contributed by atoms with Crippen LogP contribution in [0.25, 0.3) is 22.3 Å². The zero-order valence-corrected chi connectivity index (χ0v) is 23.3. The summed E-state index contributed by atoms with van der Waals surface area (Å²) < 4.78 is 71.8. The van der Waals surface area contributed by atoms with Crippen molar-refractivity contribution in [2.24, 2.45) is 0 Å². The number of hydrogen-bond donors (Lipinski definition) is 5. The van der Waals surface area contributed by atoms with Crippen molar-refractivity contribution in [3.8, 4) is 0 Å². The normalized spacial score (nSPS) is 34.0. The second-order valence-corrected chi connectivity index (χ2v) is 12.0. The minimum atomic E-state index is -4.58. The van der Waals surface area contributed by atoms with Gasteiger partial charge in [-0.1, -0.05) is 0 Å². The highest BCUT2D eigenvalue weighted by Crippen LogP contribution is 2.41. The van der Waals surface area contributed by atoms with Crippen LogP contribution in [0.15, 0.2) is 25.3 Å². The van der Waals surface area contributed by atoms with Gasteiger partial charge in [0.1, 0.15) is 60.8 Å². The van der Waals surface area contributed by atoms with E-state index in [9.17, 15) is 23.2 Å². The van der Waals surface area contributed by atoms with Gasteiger partial charge in [-0.15, -0.1) is 9.05 Å². The Morgan fingerprint density at radius 2 is 1.42 bits per heavy atom. The quantitative estimate of drug-likeness (QED) is 0.143. The minimum absolute atomic E-state index is 0.0825. The number of nitrogens with zero attached hydrogens (tertiary/aromatic N) is 8. The van der Waals surface area contributed by atoms with Crippen molar-refractivity contribution in [3.05, 3.63) is 25.3 Å². The number of aromatic nitrogens is 8. The Labute approximate surface area is 241 Å². The predicted octanol–water partition coefficient (Wildman–Crippen LogP) is -2.36. The minimum Gasteiger partial charge on any atom is -0.386 e. The molecule has 0 radical (unpaired) electrons. The third-order valence-corrected chi connectivity index (χ3v) is 8.96. The van der Waals surface area contributed by atoms with Crippen LogP contribution in [0, 0.1) is 0 Å². The zero-order chi connectivity index (χ0) is 30.0. The summed E-state index contributed by atoms with van der Waals surface area (Å²) in [6, 6.07) is 0. The first-order valence-electron chi connectivity index (χ1n) is 12.6. The maximum Gasteiger partial charge on any atom is 0.697 e. The van der Waals surface area contributed by atoms with Gasteiger partial charge in [-0.2, -0.15) is 13.1 Å². The Balaban J connectivity index is 1.14. The first kappa shape index (κ1) is 28.2. The van der Waals surface area contributed by atoms with Gasteiger partial charge in [0.15, 0.2) is 41.5 Å². The van der Waals surface area contributed by atoms with Crippen LogP contribution < -0.4 is 16.2 Å². The lowest BCUT2D eigenvalue weighted by Gasteiger charge is -2.21. The van der Waals surface area contributed by atoms with Crippen molar-refractivity contribution in [3.63, 3.8) is 0 Å². The average molecular weight is 641 g/mol. The number of anilines is 2. The molecule has 43 heavy (non-hydrogen) atoms. The van der Waals surface area contributed by atoms with Gasteiger partial charge in [0.25, 0.3) is 0 Å². The summed E-state index contributed by atoms with van der Waals surface area (Å²) in [6.07, 6.45) is -5.85. The van der Waals surface area contributed by atoms with E-state index in [0.717, 1.165) is 0 Å². The summed E-state index contributed by atoms with van der Waals surface area (Å²) >= 11 is 0. The highest BCUT2D eigenvalue weighted by molar-refractivity contribution is 7.84. The van der Waals surface area contributed by atoms with E-state index >= 15 is 0 Å². The van der Waals surface area contributed by atoms with E-state index in [1.807, 2.05) is 0 Å². The van der Waals surface area contributed by atoms with Crippen molar-refractivity contribution >= 4 is 52.5 Å². The molecule has 4 aromatic heterocycles. The second kappa shape index (κ2) is 10.6. The smallest absolute Gasteiger partial charge is 0.386 e. The van der Waals surface area contributed by atoms with Crippen LogP contribution in [-0.4, -0.2) is 107 Å². The summed E-state index contributed by atoms with van der Waals surface area (Å²) in [6.45, 7) is -1.03. The van der Waals surface area contributed by atoms with Crippen LogP contribution in [0.5, 0.6) is 0 Å². The molecule has 3 aliphatic heterocycles. The summed E-state index contributed by atoms with van der Waals surface area (Å²) in [5.41, 5.74) is 12.6. The van der Waals surface area contributed by atoms with Gasteiger partial charge in [0.05, 0.1) is 12.7 Å². The van der Waals surface area contributed by atoms with Gasteiger partial charge in [-0.25, -0.2) is 34.1 Å². The van der Waals surface area contributed by atoms with Crippen molar-refractivity contribution in [1.29, 1.82) is 0 Å². The first-order chi connectivity index (χ1) is 20.6. The highest BCUT2D eigenvalue weighted by Gasteiger charge is 2.54. The Kier molecular flexibility index (Phi) is 6.92. The molecule has 3 saturated heterocycles. The number of aliphatic hydroxyl groups excluding tert-OH is 2. The van der Waals surface area contributed by atoms with Gasteiger partial charge in [-0.05, 0) is 0 Å². The highest BCUT2D eigenvalue weighted by atomic mass is 32.2. The van der Waals surface area contributed by atoms with Crippen molar-refractivity contribution in [1.82, 2.24) is 43.8 Å². The Morgan fingerprint density at radius 1 is 0.860 bits per heavy atom. The molecule has 9 unspecified atom stereocenters. The van der Waals surface area contributed by atoms with Crippen molar-refractivity contribution < 1.29 is 45.9 Å². The first-order valence-corrected chi connectivity index (χ1v) is 15.1. The van der Waals surface area contributed by atoms with Crippen LogP contribution >= 0.6 is 8.25 Å². The molecule has 7 heterocycles. The lowest BCUT2D eigenvalue weighted by Crippen LogP contribution is -2.45. The SMILES string of the molecule is Nc1ncnc2c1ncn2C1OC2CNS(=O)(=O)OC3C(CO[P+](=O)OC2C1O)OC(n1cnc2c(N)ncnc21)C3O. The van der Waals surface area contributed by atoms with E-state index in [1.165, 1.54) is 34.4 Å². The second-order valence-electron chi connectivity index (χ2n) is 9.73. The molecule has 0 aromatic carbocycles. The summed E-state index contributed by atoms with van der Waals surface area (Å²) in [5, 5.41) is 22.2. The van der Waals surface area contributed by atoms with Gasteiger partial charge < -0.3 is 31.2 Å². The van der Waals surface area contributed by atoms with Crippen molar-refractivity contribution in [2.45, 2.75) is 49.1 Å². The third-order valence-electron chi connectivity index (χ3n) is 7.19. The number of ether oxygens (including phenoxy) is 2. The number of fused-ring (bicyclic) bond motifs is 4. The molecule has 23 heteroatoms. The van der Waals surface area contributed by atoms with E-state index < -0.39 is 80.8 Å². The van der Waals surface area contributed by atoms with Crippen LogP contribution in [-0.2, 0) is 37.6 Å². The molecule has 0 saturated carbocycles. The van der Waals surface area contributed by atoms with Gasteiger partial charge in [0, 0.05) is 11.1 Å². The molecule has 21 nitrogen and oxygen atoms in total. The number of rotatable bonds is 2. The number of nitrogens with one attached hydrogen (secondary N) is 1. The molecule has 4 aromatic rings. The maximum atomic E-state index is 13.0.